The number of fused-ring (bicyclic) bond motifs is 2. The largest absolute Gasteiger partial charge is 0.396 e. The van der Waals surface area contributed by atoms with Gasteiger partial charge in [0.25, 0.3) is 10.1 Å². The summed E-state index contributed by atoms with van der Waals surface area (Å²) in [6.07, 6.45) is 7.52. The van der Waals surface area contributed by atoms with E-state index in [0.29, 0.717) is 5.36 Å². The van der Waals surface area contributed by atoms with Gasteiger partial charge in [-0.1, -0.05) is 58.9 Å². The Hall–Kier alpha value is -2.65. The van der Waals surface area contributed by atoms with Crippen molar-refractivity contribution in [3.8, 4) is 10.6 Å². The van der Waals surface area contributed by atoms with Crippen LogP contribution in [0.25, 0.3) is 20.8 Å². The maximum atomic E-state index is 12.0. The van der Waals surface area contributed by atoms with Crippen LogP contribution in [0.15, 0.2) is 76.3 Å². The number of hydrogen-bond acceptors (Lipinski definition) is 6. The van der Waals surface area contributed by atoms with Gasteiger partial charge in [-0.05, 0) is 65.1 Å². The fourth-order valence-corrected chi connectivity index (χ4v) is 6.44. The Morgan fingerprint density at radius 3 is 2.56 bits per heavy atom. The van der Waals surface area contributed by atoms with Crippen LogP contribution in [0.5, 0.6) is 0 Å². The van der Waals surface area contributed by atoms with Crippen LogP contribution < -0.4 is 5.36 Å². The van der Waals surface area contributed by atoms with Crippen LogP contribution in [0.4, 0.5) is 0 Å². The molecule has 1 atom stereocenters. The van der Waals surface area contributed by atoms with Gasteiger partial charge in [0, 0.05) is 6.61 Å². The lowest BCUT2D eigenvalue weighted by Crippen LogP contribution is -2.29. The molecule has 1 aliphatic heterocycles. The number of aliphatic hydroxyl groups excluding tert-OH is 1. The van der Waals surface area contributed by atoms with E-state index in [1.165, 1.54) is 11.6 Å². The summed E-state index contributed by atoms with van der Waals surface area (Å²) in [5.41, 5.74) is 2.80. The van der Waals surface area contributed by atoms with Gasteiger partial charge in [-0.2, -0.15) is 8.42 Å². The molecule has 36 heavy (non-hydrogen) atoms. The summed E-state index contributed by atoms with van der Waals surface area (Å²) in [4.78, 5) is 10.2. The zero-order chi connectivity index (χ0) is 26.3. The summed E-state index contributed by atoms with van der Waals surface area (Å²) >= 11 is 1.60. The molecule has 1 aromatic carbocycles. The third-order valence-corrected chi connectivity index (χ3v) is 8.37. The SMILES string of the molecule is CC1C=CC=C(N=c2ccc3nc4cc(C(C)(C)CC(C)(C)CO)ccc4sc-3c2)C(S(=O)(=O)O)=C1. The Balaban J connectivity index is 1.76. The quantitative estimate of drug-likeness (QED) is 0.311. The van der Waals surface area contributed by atoms with Crippen molar-refractivity contribution in [1.82, 2.24) is 4.98 Å². The molecule has 6 nitrogen and oxygen atoms in total. The van der Waals surface area contributed by atoms with Gasteiger partial charge in [0.15, 0.2) is 0 Å². The fourth-order valence-electron chi connectivity index (χ4n) is 4.69. The second kappa shape index (κ2) is 9.67. The molecule has 0 fully saturated rings. The predicted octanol–water partition coefficient (Wildman–Crippen LogP) is 5.85. The zero-order valence-corrected chi connectivity index (χ0v) is 22.8. The zero-order valence-electron chi connectivity index (χ0n) is 21.2. The van der Waals surface area contributed by atoms with Crippen molar-refractivity contribution in [2.24, 2.45) is 16.3 Å². The van der Waals surface area contributed by atoms with Gasteiger partial charge < -0.3 is 5.11 Å². The molecule has 0 bridgehead atoms. The minimum atomic E-state index is -4.42. The molecule has 190 valence electrons. The number of benzene rings is 2. The summed E-state index contributed by atoms with van der Waals surface area (Å²) in [6, 6.07) is 11.9. The van der Waals surface area contributed by atoms with E-state index < -0.39 is 10.1 Å². The van der Waals surface area contributed by atoms with Crippen molar-refractivity contribution >= 4 is 31.7 Å². The topological polar surface area (TPSA) is 99.9 Å². The maximum Gasteiger partial charge on any atom is 0.296 e. The number of allylic oxidation sites excluding steroid dienone is 4. The van der Waals surface area contributed by atoms with E-state index in [9.17, 15) is 18.1 Å². The van der Waals surface area contributed by atoms with Gasteiger partial charge >= 0.3 is 0 Å². The third-order valence-electron chi connectivity index (χ3n) is 6.36. The van der Waals surface area contributed by atoms with Crippen molar-refractivity contribution < 1.29 is 18.1 Å². The average molecular weight is 525 g/mol. The monoisotopic (exact) mass is 524 g/mol. The molecule has 2 aliphatic carbocycles. The lowest BCUT2D eigenvalue weighted by molar-refractivity contribution is 0.127. The highest BCUT2D eigenvalue weighted by Crippen LogP contribution is 2.38. The molecule has 1 heterocycles. The molecule has 0 saturated heterocycles. The molecular formula is C28H32N2O4S2. The van der Waals surface area contributed by atoms with Crippen LogP contribution in [0, 0.1) is 11.3 Å². The highest BCUT2D eigenvalue weighted by Gasteiger charge is 2.30. The van der Waals surface area contributed by atoms with Crippen molar-refractivity contribution in [2.45, 2.75) is 46.5 Å². The summed E-state index contributed by atoms with van der Waals surface area (Å²) in [7, 11) is -4.42. The van der Waals surface area contributed by atoms with E-state index in [2.05, 4.69) is 50.9 Å². The van der Waals surface area contributed by atoms with Crippen molar-refractivity contribution in [1.29, 1.82) is 0 Å². The van der Waals surface area contributed by atoms with Gasteiger partial charge in [0.1, 0.15) is 4.91 Å². The maximum absolute atomic E-state index is 12.0. The highest BCUT2D eigenvalue weighted by atomic mass is 32.2. The summed E-state index contributed by atoms with van der Waals surface area (Å²) in [5, 5.41) is 10.3. The Labute approximate surface area is 216 Å². The minimum absolute atomic E-state index is 0.124. The molecule has 4 rings (SSSR count). The first-order valence-electron chi connectivity index (χ1n) is 11.9. The lowest BCUT2D eigenvalue weighted by atomic mass is 9.72. The van der Waals surface area contributed by atoms with Crippen LogP contribution >= 0.6 is 11.3 Å². The molecule has 8 heteroatoms. The standard InChI is InChI=1S/C28H32N2O4S2/c1-18-7-6-8-22(26(13-18)36(32,33)34)29-20-10-11-21-25(15-20)35-24-12-9-19(14-23(24)30-21)28(4,5)16-27(2,3)17-31/h6-15,18,31H,16-17H2,1-5H3,(H,32,33,34). The van der Waals surface area contributed by atoms with Crippen LogP contribution in [-0.2, 0) is 15.5 Å². The van der Waals surface area contributed by atoms with Gasteiger partial charge in [-0.3, -0.25) is 4.55 Å². The summed E-state index contributed by atoms with van der Waals surface area (Å²) in [5.74, 6) is -0.148. The fraction of sp³-hybridized carbons (Fsp3) is 0.357. The van der Waals surface area contributed by atoms with Gasteiger partial charge in [0.05, 0.1) is 31.8 Å². The number of aromatic nitrogens is 1. The molecule has 0 amide bonds. The predicted molar refractivity (Wildman–Crippen MR) is 146 cm³/mol. The summed E-state index contributed by atoms with van der Waals surface area (Å²) < 4.78 is 34.7. The first kappa shape index (κ1) is 26.4. The first-order valence-corrected chi connectivity index (χ1v) is 14.1. The molecule has 0 saturated carbocycles. The van der Waals surface area contributed by atoms with Crippen LogP contribution in [0.1, 0.15) is 46.6 Å². The number of nitrogens with zero attached hydrogens (tertiary/aromatic N) is 2. The second-order valence-corrected chi connectivity index (χ2v) is 13.3. The van der Waals surface area contributed by atoms with Crippen molar-refractivity contribution in [3.05, 3.63) is 82.2 Å². The van der Waals surface area contributed by atoms with Gasteiger partial charge in [-0.25, -0.2) is 9.98 Å². The summed E-state index contributed by atoms with van der Waals surface area (Å²) in [6.45, 7) is 10.5. The molecule has 0 radical (unpaired) electrons. The van der Waals surface area contributed by atoms with E-state index in [1.807, 2.05) is 25.1 Å². The molecule has 2 N–H and O–H groups in total. The molecular weight excluding hydrogens is 492 g/mol. The second-order valence-electron chi connectivity index (χ2n) is 10.8. The van der Waals surface area contributed by atoms with Crippen LogP contribution in [0.2, 0.25) is 0 Å². The Morgan fingerprint density at radius 1 is 1.11 bits per heavy atom. The Morgan fingerprint density at radius 2 is 1.86 bits per heavy atom. The van der Waals surface area contributed by atoms with Crippen molar-refractivity contribution in [2.75, 3.05) is 6.61 Å². The van der Waals surface area contributed by atoms with Crippen LogP contribution in [-0.4, -0.2) is 29.7 Å². The molecule has 1 aromatic rings. The van der Waals surface area contributed by atoms with Crippen LogP contribution in [0.3, 0.4) is 0 Å². The Bertz CT molecular complexity index is 1540. The van der Waals surface area contributed by atoms with E-state index in [1.54, 1.807) is 29.6 Å². The Kier molecular flexibility index (Phi) is 7.09. The van der Waals surface area contributed by atoms with Gasteiger partial charge in [-0.15, -0.1) is 11.3 Å². The van der Waals surface area contributed by atoms with Gasteiger partial charge in [0.2, 0.25) is 0 Å². The van der Waals surface area contributed by atoms with E-state index in [0.717, 1.165) is 27.2 Å². The smallest absolute Gasteiger partial charge is 0.296 e. The number of hydrogen-bond donors (Lipinski definition) is 2. The average Bonchev–Trinajstić information content (AvgIpc) is 2.97. The van der Waals surface area contributed by atoms with E-state index in [4.69, 9.17) is 4.98 Å². The highest BCUT2D eigenvalue weighted by molar-refractivity contribution is 7.90. The number of rotatable bonds is 6. The molecule has 0 aromatic heterocycles. The third kappa shape index (κ3) is 5.83. The molecule has 0 spiro atoms. The first-order chi connectivity index (χ1) is 16.8. The molecule has 3 aliphatic rings. The normalized spacial score (nSPS) is 17.9. The van der Waals surface area contributed by atoms with Crippen molar-refractivity contribution in [3.63, 3.8) is 0 Å². The molecule has 1 unspecified atom stereocenters. The minimum Gasteiger partial charge on any atom is -0.396 e. The number of aliphatic hydroxyl groups is 1. The lowest BCUT2D eigenvalue weighted by Gasteiger charge is -2.34. The van der Waals surface area contributed by atoms with E-state index in [-0.39, 0.29) is 34.0 Å². The van der Waals surface area contributed by atoms with E-state index >= 15 is 0 Å².